The van der Waals surface area contributed by atoms with Gasteiger partial charge in [0.25, 0.3) is 5.91 Å². The lowest BCUT2D eigenvalue weighted by Gasteiger charge is -2.11. The number of benzene rings is 1. The number of ether oxygens (including phenoxy) is 2. The van der Waals surface area contributed by atoms with Gasteiger partial charge in [0.05, 0.1) is 13.7 Å². The van der Waals surface area contributed by atoms with Crippen LogP contribution in [0.5, 0.6) is 11.5 Å². The summed E-state index contributed by atoms with van der Waals surface area (Å²) in [6.45, 7) is 2.37. The Bertz CT molecular complexity index is 494. The Balaban J connectivity index is 2.63. The first-order valence-corrected chi connectivity index (χ1v) is 7.90. The summed E-state index contributed by atoms with van der Waals surface area (Å²) in [7, 11) is 1.50. The molecule has 7 heteroatoms. The lowest BCUT2D eigenvalue weighted by Crippen LogP contribution is -2.41. The van der Waals surface area contributed by atoms with E-state index in [0.717, 1.165) is 0 Å². The van der Waals surface area contributed by atoms with Crippen molar-refractivity contribution in [2.45, 2.75) is 13.3 Å². The van der Waals surface area contributed by atoms with Gasteiger partial charge in [-0.25, -0.2) is 0 Å². The molecule has 0 aliphatic rings. The molecule has 0 atom stereocenters. The van der Waals surface area contributed by atoms with E-state index in [1.54, 1.807) is 30.0 Å². The third-order valence-electron chi connectivity index (χ3n) is 2.57. The lowest BCUT2D eigenvalue weighted by molar-refractivity contribution is -0.121. The molecule has 0 saturated heterocycles. The molecule has 0 aliphatic carbocycles. The Morgan fingerprint density at radius 2 is 2.00 bits per heavy atom. The average Bonchev–Trinajstić information content (AvgIpc) is 2.51. The number of thioether (sulfide) groups is 1. The number of carbonyl (C=O) groups is 2. The van der Waals surface area contributed by atoms with Crippen molar-refractivity contribution in [1.29, 1.82) is 0 Å². The van der Waals surface area contributed by atoms with Gasteiger partial charge in [0.1, 0.15) is 0 Å². The quantitative estimate of drug-likeness (QED) is 0.748. The van der Waals surface area contributed by atoms with Gasteiger partial charge in [-0.15, -0.1) is 0 Å². The van der Waals surface area contributed by atoms with E-state index in [2.05, 4.69) is 10.9 Å². The van der Waals surface area contributed by atoms with Crippen LogP contribution in [-0.2, 0) is 4.79 Å². The number of carbonyl (C=O) groups excluding carboxylic acids is 2. The first-order chi connectivity index (χ1) is 10.1. The van der Waals surface area contributed by atoms with Crippen LogP contribution in [0, 0.1) is 0 Å². The zero-order valence-electron chi connectivity index (χ0n) is 12.4. The monoisotopic (exact) mass is 312 g/mol. The Morgan fingerprint density at radius 3 is 2.62 bits per heavy atom. The second-order valence-electron chi connectivity index (χ2n) is 4.04. The number of hydrogen-bond donors (Lipinski definition) is 2. The fourth-order valence-corrected chi connectivity index (χ4v) is 1.93. The topological polar surface area (TPSA) is 76.7 Å². The fourth-order valence-electron chi connectivity index (χ4n) is 1.54. The molecule has 2 amide bonds. The van der Waals surface area contributed by atoms with Gasteiger partial charge in [-0.3, -0.25) is 20.4 Å². The minimum absolute atomic E-state index is 0.226. The maximum atomic E-state index is 11.9. The Labute approximate surface area is 128 Å². The van der Waals surface area contributed by atoms with E-state index in [-0.39, 0.29) is 5.91 Å². The summed E-state index contributed by atoms with van der Waals surface area (Å²) in [5.74, 6) is 1.11. The molecule has 2 N–H and O–H groups in total. The zero-order chi connectivity index (χ0) is 15.7. The van der Waals surface area contributed by atoms with E-state index < -0.39 is 5.91 Å². The van der Waals surface area contributed by atoms with Crippen LogP contribution < -0.4 is 20.3 Å². The molecule has 0 unspecified atom stereocenters. The number of hydrogen-bond acceptors (Lipinski definition) is 5. The zero-order valence-corrected chi connectivity index (χ0v) is 13.2. The molecule has 21 heavy (non-hydrogen) atoms. The van der Waals surface area contributed by atoms with Crippen LogP contribution in [0.2, 0.25) is 0 Å². The first-order valence-electron chi connectivity index (χ1n) is 6.51. The molecular weight excluding hydrogens is 292 g/mol. The summed E-state index contributed by atoms with van der Waals surface area (Å²) in [5.41, 5.74) is 5.11. The van der Waals surface area contributed by atoms with Crippen molar-refractivity contribution in [3.63, 3.8) is 0 Å². The van der Waals surface area contributed by atoms with Crippen LogP contribution in [0.3, 0.4) is 0 Å². The molecule has 0 aliphatic heterocycles. The SMILES string of the molecule is CCOc1ccc(C(=O)NNC(=O)CCSC)cc1OC. The largest absolute Gasteiger partial charge is 0.493 e. The van der Waals surface area contributed by atoms with E-state index in [1.165, 1.54) is 7.11 Å². The fraction of sp³-hybridized carbons (Fsp3) is 0.429. The molecule has 1 rings (SSSR count). The number of amides is 2. The minimum atomic E-state index is -0.408. The Hall–Kier alpha value is -1.89. The van der Waals surface area contributed by atoms with Gasteiger partial charge in [0.2, 0.25) is 5.91 Å². The second-order valence-corrected chi connectivity index (χ2v) is 5.03. The van der Waals surface area contributed by atoms with Gasteiger partial charge in [-0.05, 0) is 31.4 Å². The van der Waals surface area contributed by atoms with Gasteiger partial charge >= 0.3 is 0 Å². The van der Waals surface area contributed by atoms with E-state index in [4.69, 9.17) is 9.47 Å². The summed E-state index contributed by atoms with van der Waals surface area (Å²) in [6.07, 6.45) is 2.27. The van der Waals surface area contributed by atoms with Crippen molar-refractivity contribution in [3.05, 3.63) is 23.8 Å². The third kappa shape index (κ3) is 5.55. The smallest absolute Gasteiger partial charge is 0.269 e. The molecule has 1 aromatic rings. The molecule has 0 radical (unpaired) electrons. The molecule has 0 heterocycles. The third-order valence-corrected chi connectivity index (χ3v) is 3.19. The summed E-state index contributed by atoms with van der Waals surface area (Å²) in [5, 5.41) is 0. The van der Waals surface area contributed by atoms with Gasteiger partial charge in [0.15, 0.2) is 11.5 Å². The summed E-state index contributed by atoms with van der Waals surface area (Å²) in [6, 6.07) is 4.83. The number of nitrogens with one attached hydrogen (secondary N) is 2. The predicted octanol–water partition coefficient (Wildman–Crippen LogP) is 1.61. The first kappa shape index (κ1) is 17.2. The van der Waals surface area contributed by atoms with Crippen LogP contribution >= 0.6 is 11.8 Å². The lowest BCUT2D eigenvalue weighted by atomic mass is 10.2. The number of methoxy groups -OCH3 is 1. The molecule has 0 spiro atoms. The summed E-state index contributed by atoms with van der Waals surface area (Å²) < 4.78 is 10.5. The van der Waals surface area contributed by atoms with Crippen molar-refractivity contribution >= 4 is 23.6 Å². The van der Waals surface area contributed by atoms with Crippen LogP contribution in [0.15, 0.2) is 18.2 Å². The Kier molecular flexibility index (Phi) is 7.45. The summed E-state index contributed by atoms with van der Waals surface area (Å²) >= 11 is 1.57. The van der Waals surface area contributed by atoms with E-state index in [1.807, 2.05) is 13.2 Å². The van der Waals surface area contributed by atoms with E-state index in [0.29, 0.717) is 35.8 Å². The van der Waals surface area contributed by atoms with Crippen molar-refractivity contribution in [3.8, 4) is 11.5 Å². The van der Waals surface area contributed by atoms with Crippen molar-refractivity contribution in [1.82, 2.24) is 10.9 Å². The summed E-state index contributed by atoms with van der Waals surface area (Å²) in [4.78, 5) is 23.3. The van der Waals surface area contributed by atoms with Crippen molar-refractivity contribution < 1.29 is 19.1 Å². The highest BCUT2D eigenvalue weighted by atomic mass is 32.2. The van der Waals surface area contributed by atoms with Gasteiger partial charge in [-0.2, -0.15) is 11.8 Å². The average molecular weight is 312 g/mol. The van der Waals surface area contributed by atoms with Gasteiger partial charge in [0, 0.05) is 17.7 Å². The molecule has 0 bridgehead atoms. The Morgan fingerprint density at radius 1 is 1.24 bits per heavy atom. The molecule has 116 valence electrons. The number of rotatable bonds is 7. The van der Waals surface area contributed by atoms with Crippen molar-refractivity contribution in [2.75, 3.05) is 25.7 Å². The van der Waals surface area contributed by atoms with E-state index >= 15 is 0 Å². The minimum Gasteiger partial charge on any atom is -0.493 e. The van der Waals surface area contributed by atoms with Crippen LogP contribution in [-0.4, -0.2) is 37.5 Å². The molecule has 0 saturated carbocycles. The normalized spacial score (nSPS) is 9.86. The second kappa shape index (κ2) is 9.12. The molecule has 6 nitrogen and oxygen atoms in total. The molecule has 0 aromatic heterocycles. The molecule has 1 aromatic carbocycles. The highest BCUT2D eigenvalue weighted by Crippen LogP contribution is 2.27. The maximum Gasteiger partial charge on any atom is 0.269 e. The molecular formula is C14H20N2O4S. The highest BCUT2D eigenvalue weighted by Gasteiger charge is 2.11. The van der Waals surface area contributed by atoms with E-state index in [9.17, 15) is 9.59 Å². The van der Waals surface area contributed by atoms with Gasteiger partial charge in [-0.1, -0.05) is 0 Å². The van der Waals surface area contributed by atoms with Gasteiger partial charge < -0.3 is 9.47 Å². The highest BCUT2D eigenvalue weighted by molar-refractivity contribution is 7.98. The molecule has 0 fully saturated rings. The predicted molar refractivity (Wildman–Crippen MR) is 82.8 cm³/mol. The van der Waals surface area contributed by atoms with Crippen molar-refractivity contribution in [2.24, 2.45) is 0 Å². The van der Waals surface area contributed by atoms with Crippen LogP contribution in [0.25, 0.3) is 0 Å². The maximum absolute atomic E-state index is 11.9. The van der Waals surface area contributed by atoms with Crippen LogP contribution in [0.4, 0.5) is 0 Å². The number of hydrazine groups is 1. The van der Waals surface area contributed by atoms with Crippen LogP contribution in [0.1, 0.15) is 23.7 Å². The standard InChI is InChI=1S/C14H20N2O4S/c1-4-20-11-6-5-10(9-12(11)19-2)14(18)16-15-13(17)7-8-21-3/h5-6,9H,4,7-8H2,1-3H3,(H,15,17)(H,16,18).